The van der Waals surface area contributed by atoms with Crippen LogP contribution in [0.4, 0.5) is 0 Å². The van der Waals surface area contributed by atoms with Crippen molar-refractivity contribution in [2.75, 3.05) is 13.1 Å². The van der Waals surface area contributed by atoms with Gasteiger partial charge in [-0.3, -0.25) is 0 Å². The zero-order chi connectivity index (χ0) is 15.6. The molecule has 1 aliphatic rings. The number of nitrogens with two attached hydrogens (primary N) is 1. The fraction of sp³-hybridized carbons (Fsp3) is 0.733. The molecule has 1 saturated carbocycles. The van der Waals surface area contributed by atoms with Crippen LogP contribution in [0.3, 0.4) is 0 Å². The molecule has 1 heterocycles. The van der Waals surface area contributed by atoms with E-state index >= 15 is 0 Å². The molecular formula is C15H26N2O2S2. The van der Waals surface area contributed by atoms with Gasteiger partial charge in [-0.25, -0.2) is 8.42 Å². The smallest absolute Gasteiger partial charge is 0.244 e. The van der Waals surface area contributed by atoms with Crippen LogP contribution in [0.5, 0.6) is 0 Å². The fourth-order valence-corrected chi connectivity index (χ4v) is 6.67. The predicted octanol–water partition coefficient (Wildman–Crippen LogP) is 2.89. The lowest BCUT2D eigenvalue weighted by Gasteiger charge is -2.38. The average Bonchev–Trinajstić information content (AvgIpc) is 2.79. The Bertz CT molecular complexity index is 580. The third-order valence-electron chi connectivity index (χ3n) is 4.44. The van der Waals surface area contributed by atoms with E-state index in [2.05, 4.69) is 0 Å². The molecule has 1 fully saturated rings. The molecule has 1 aromatic heterocycles. The molecule has 0 saturated heterocycles. The second kappa shape index (κ2) is 6.77. The van der Waals surface area contributed by atoms with Crippen LogP contribution in [-0.2, 0) is 10.0 Å². The molecule has 4 nitrogen and oxygen atoms in total. The molecular weight excluding hydrogens is 304 g/mol. The standard InChI is InChI=1S/C15H26N2O2S2/c1-4-17(14-8-6-5-7-13(14)10-16)21(18,19)15-9-11(2)20-12(15)3/h9,13-14H,4-8,10,16H2,1-3H3. The number of hydrogen-bond acceptors (Lipinski definition) is 4. The maximum Gasteiger partial charge on any atom is 0.244 e. The van der Waals surface area contributed by atoms with Crippen LogP contribution < -0.4 is 5.73 Å². The third-order valence-corrected chi connectivity index (χ3v) is 7.66. The van der Waals surface area contributed by atoms with Gasteiger partial charge in [-0.05, 0) is 45.2 Å². The van der Waals surface area contributed by atoms with Crippen LogP contribution in [0, 0.1) is 19.8 Å². The summed E-state index contributed by atoms with van der Waals surface area (Å²) in [6, 6.07) is 1.86. The highest BCUT2D eigenvalue weighted by molar-refractivity contribution is 7.89. The van der Waals surface area contributed by atoms with Gasteiger partial charge < -0.3 is 5.73 Å². The summed E-state index contributed by atoms with van der Waals surface area (Å²) < 4.78 is 27.8. The van der Waals surface area contributed by atoms with E-state index in [-0.39, 0.29) is 12.0 Å². The van der Waals surface area contributed by atoms with Gasteiger partial charge in [-0.2, -0.15) is 4.31 Å². The second-order valence-electron chi connectivity index (χ2n) is 5.83. The molecule has 2 rings (SSSR count). The highest BCUT2D eigenvalue weighted by atomic mass is 32.2. The van der Waals surface area contributed by atoms with Crippen LogP contribution in [0.25, 0.3) is 0 Å². The summed E-state index contributed by atoms with van der Waals surface area (Å²) in [5.74, 6) is 0.286. The van der Waals surface area contributed by atoms with Crippen molar-refractivity contribution in [3.63, 3.8) is 0 Å². The zero-order valence-corrected chi connectivity index (χ0v) is 14.8. The lowest BCUT2D eigenvalue weighted by Crippen LogP contribution is -2.47. The Morgan fingerprint density at radius 1 is 1.33 bits per heavy atom. The van der Waals surface area contributed by atoms with Gasteiger partial charge in [-0.1, -0.05) is 19.8 Å². The number of aryl methyl sites for hydroxylation is 2. The molecule has 0 amide bonds. The van der Waals surface area contributed by atoms with Crippen molar-refractivity contribution in [3.05, 3.63) is 15.8 Å². The predicted molar refractivity (Wildman–Crippen MR) is 88.2 cm³/mol. The van der Waals surface area contributed by atoms with Crippen molar-refractivity contribution in [3.8, 4) is 0 Å². The minimum atomic E-state index is -3.42. The fourth-order valence-electron chi connectivity index (χ4n) is 3.41. The first-order chi connectivity index (χ1) is 9.91. The SMILES string of the molecule is CCN(C1CCCCC1CN)S(=O)(=O)c1cc(C)sc1C. The van der Waals surface area contributed by atoms with E-state index < -0.39 is 10.0 Å². The van der Waals surface area contributed by atoms with Crippen molar-refractivity contribution in [2.24, 2.45) is 11.7 Å². The lowest BCUT2D eigenvalue weighted by atomic mass is 9.84. The van der Waals surface area contributed by atoms with Crippen LogP contribution in [0.2, 0.25) is 0 Å². The molecule has 0 aromatic carbocycles. The molecule has 120 valence electrons. The van der Waals surface area contributed by atoms with Crippen LogP contribution in [0.1, 0.15) is 42.4 Å². The number of thiophene rings is 1. The Morgan fingerprint density at radius 3 is 2.52 bits per heavy atom. The van der Waals surface area contributed by atoms with Gasteiger partial charge in [0.2, 0.25) is 10.0 Å². The Morgan fingerprint density at radius 2 is 2.00 bits per heavy atom. The summed E-state index contributed by atoms with van der Waals surface area (Å²) >= 11 is 1.55. The number of rotatable bonds is 5. The maximum atomic E-state index is 13.1. The molecule has 6 heteroatoms. The van der Waals surface area contributed by atoms with Gasteiger partial charge in [0.15, 0.2) is 0 Å². The van der Waals surface area contributed by atoms with Crippen molar-refractivity contribution >= 4 is 21.4 Å². The minimum absolute atomic E-state index is 0.0540. The van der Waals surface area contributed by atoms with Crippen LogP contribution in [-0.4, -0.2) is 31.9 Å². The summed E-state index contributed by atoms with van der Waals surface area (Å²) in [4.78, 5) is 2.40. The van der Waals surface area contributed by atoms with Crippen LogP contribution in [0.15, 0.2) is 11.0 Å². The lowest BCUT2D eigenvalue weighted by molar-refractivity contribution is 0.187. The maximum absolute atomic E-state index is 13.1. The van der Waals surface area contributed by atoms with Gasteiger partial charge in [-0.15, -0.1) is 11.3 Å². The van der Waals surface area contributed by atoms with E-state index in [9.17, 15) is 8.42 Å². The molecule has 2 N–H and O–H groups in total. The topological polar surface area (TPSA) is 63.4 Å². The molecule has 0 radical (unpaired) electrons. The van der Waals surface area contributed by atoms with Crippen molar-refractivity contribution < 1.29 is 8.42 Å². The van der Waals surface area contributed by atoms with E-state index in [1.165, 1.54) is 0 Å². The summed E-state index contributed by atoms with van der Waals surface area (Å²) in [7, 11) is -3.42. The molecule has 1 aromatic rings. The first-order valence-electron chi connectivity index (χ1n) is 7.70. The molecule has 0 aliphatic heterocycles. The first-order valence-corrected chi connectivity index (χ1v) is 9.96. The van der Waals surface area contributed by atoms with Crippen molar-refractivity contribution in [1.29, 1.82) is 0 Å². The molecule has 21 heavy (non-hydrogen) atoms. The van der Waals surface area contributed by atoms with Gasteiger partial charge in [0.1, 0.15) is 0 Å². The molecule has 2 unspecified atom stereocenters. The second-order valence-corrected chi connectivity index (χ2v) is 9.15. The number of nitrogens with zero attached hydrogens (tertiary/aromatic N) is 1. The van der Waals surface area contributed by atoms with Gasteiger partial charge in [0.25, 0.3) is 0 Å². The Hall–Kier alpha value is -0.430. The summed E-state index contributed by atoms with van der Waals surface area (Å²) in [5, 5.41) is 0. The third kappa shape index (κ3) is 3.33. The van der Waals surface area contributed by atoms with Crippen LogP contribution >= 0.6 is 11.3 Å². The Labute approximate surface area is 132 Å². The normalized spacial score (nSPS) is 23.7. The Kier molecular flexibility index (Phi) is 5.46. The van der Waals surface area contributed by atoms with E-state index in [4.69, 9.17) is 5.73 Å². The average molecular weight is 331 g/mol. The monoisotopic (exact) mass is 330 g/mol. The van der Waals surface area contributed by atoms with E-state index in [1.807, 2.05) is 20.8 Å². The highest BCUT2D eigenvalue weighted by Gasteiger charge is 2.37. The van der Waals surface area contributed by atoms with E-state index in [0.29, 0.717) is 18.0 Å². The largest absolute Gasteiger partial charge is 0.330 e. The number of sulfonamides is 1. The minimum Gasteiger partial charge on any atom is -0.330 e. The van der Waals surface area contributed by atoms with E-state index in [1.54, 1.807) is 21.7 Å². The molecule has 1 aliphatic carbocycles. The molecule has 0 bridgehead atoms. The quantitative estimate of drug-likeness (QED) is 0.903. The molecule has 0 spiro atoms. The van der Waals surface area contributed by atoms with E-state index in [0.717, 1.165) is 35.4 Å². The first kappa shape index (κ1) is 16.9. The Balaban J connectivity index is 2.37. The van der Waals surface area contributed by atoms with Gasteiger partial charge in [0.05, 0.1) is 4.90 Å². The number of hydrogen-bond donors (Lipinski definition) is 1. The van der Waals surface area contributed by atoms with Crippen molar-refractivity contribution in [1.82, 2.24) is 4.31 Å². The summed E-state index contributed by atoms with van der Waals surface area (Å²) in [6.45, 7) is 6.85. The highest BCUT2D eigenvalue weighted by Crippen LogP contribution is 2.34. The molecule has 2 atom stereocenters. The summed E-state index contributed by atoms with van der Waals surface area (Å²) in [5.41, 5.74) is 5.88. The zero-order valence-electron chi connectivity index (χ0n) is 13.1. The van der Waals surface area contributed by atoms with Crippen molar-refractivity contribution in [2.45, 2.75) is 57.4 Å². The van der Waals surface area contributed by atoms with Gasteiger partial charge in [0, 0.05) is 22.3 Å². The summed E-state index contributed by atoms with van der Waals surface area (Å²) in [6.07, 6.45) is 4.22. The van der Waals surface area contributed by atoms with Gasteiger partial charge >= 0.3 is 0 Å².